The molecule has 0 aliphatic heterocycles. The van der Waals surface area contributed by atoms with Gasteiger partial charge in [-0.2, -0.15) is 0 Å². The van der Waals surface area contributed by atoms with Crippen molar-refractivity contribution in [3.63, 3.8) is 0 Å². The molecule has 12 heavy (non-hydrogen) atoms. The molecule has 0 aromatic carbocycles. The van der Waals surface area contributed by atoms with Crippen molar-refractivity contribution in [2.45, 2.75) is 18.9 Å². The van der Waals surface area contributed by atoms with E-state index >= 15 is 0 Å². The first-order chi connectivity index (χ1) is 5.75. The number of hydrogen-bond acceptors (Lipinski definition) is 3. The van der Waals surface area contributed by atoms with Gasteiger partial charge in [0, 0.05) is 0 Å². The SMILES string of the molecule is Nc1nc(Br)ccc1OC1CC1. The molecular weight excluding hydrogens is 220 g/mol. The van der Waals surface area contributed by atoms with Gasteiger partial charge < -0.3 is 10.5 Å². The first-order valence-corrected chi connectivity index (χ1v) is 4.63. The Hall–Kier alpha value is -0.770. The lowest BCUT2D eigenvalue weighted by molar-refractivity contribution is 0.304. The van der Waals surface area contributed by atoms with Gasteiger partial charge in [-0.3, -0.25) is 0 Å². The zero-order chi connectivity index (χ0) is 8.55. The molecule has 1 saturated carbocycles. The van der Waals surface area contributed by atoms with E-state index in [9.17, 15) is 0 Å². The summed E-state index contributed by atoms with van der Waals surface area (Å²) in [5, 5.41) is 0. The summed E-state index contributed by atoms with van der Waals surface area (Å²) in [5.74, 6) is 1.15. The van der Waals surface area contributed by atoms with Gasteiger partial charge in [-0.1, -0.05) is 0 Å². The molecule has 3 nitrogen and oxygen atoms in total. The average molecular weight is 229 g/mol. The fourth-order valence-corrected chi connectivity index (χ4v) is 1.23. The fraction of sp³-hybridized carbons (Fsp3) is 0.375. The molecule has 2 N–H and O–H groups in total. The van der Waals surface area contributed by atoms with Crippen LogP contribution in [0.1, 0.15) is 12.8 Å². The molecule has 1 aromatic rings. The normalized spacial score (nSPS) is 16.1. The van der Waals surface area contributed by atoms with E-state index < -0.39 is 0 Å². The highest BCUT2D eigenvalue weighted by molar-refractivity contribution is 9.10. The third-order valence-electron chi connectivity index (χ3n) is 1.67. The van der Waals surface area contributed by atoms with E-state index in [2.05, 4.69) is 20.9 Å². The Balaban J connectivity index is 2.18. The van der Waals surface area contributed by atoms with Crippen LogP contribution in [-0.4, -0.2) is 11.1 Å². The molecule has 4 heteroatoms. The number of pyridine rings is 1. The topological polar surface area (TPSA) is 48.1 Å². The molecule has 1 aliphatic carbocycles. The second-order valence-corrected chi connectivity index (χ2v) is 3.65. The third kappa shape index (κ3) is 1.69. The summed E-state index contributed by atoms with van der Waals surface area (Å²) in [7, 11) is 0. The lowest BCUT2D eigenvalue weighted by Gasteiger charge is -2.05. The number of ether oxygens (including phenoxy) is 1. The van der Waals surface area contributed by atoms with Crippen LogP contribution >= 0.6 is 15.9 Å². The minimum Gasteiger partial charge on any atom is -0.487 e. The van der Waals surface area contributed by atoms with Crippen LogP contribution in [0.4, 0.5) is 5.82 Å². The van der Waals surface area contributed by atoms with E-state index in [1.54, 1.807) is 0 Å². The Bertz CT molecular complexity index is 299. The molecular formula is C8H9BrN2O. The number of hydrogen-bond donors (Lipinski definition) is 1. The molecule has 64 valence electrons. The van der Waals surface area contributed by atoms with Crippen molar-refractivity contribution in [1.82, 2.24) is 4.98 Å². The maximum atomic E-state index is 5.63. The molecule has 0 saturated heterocycles. The summed E-state index contributed by atoms with van der Waals surface area (Å²) >= 11 is 3.23. The number of nitrogens with zero attached hydrogens (tertiary/aromatic N) is 1. The van der Waals surface area contributed by atoms with Crippen molar-refractivity contribution < 1.29 is 4.74 Å². The standard InChI is InChI=1S/C8H9BrN2O/c9-7-4-3-6(8(10)11-7)12-5-1-2-5/h3-5H,1-2H2,(H2,10,11). The second-order valence-electron chi connectivity index (χ2n) is 2.83. The van der Waals surface area contributed by atoms with E-state index in [0.717, 1.165) is 17.4 Å². The molecule has 0 bridgehead atoms. The van der Waals surface area contributed by atoms with Gasteiger partial charge in [-0.25, -0.2) is 4.98 Å². The van der Waals surface area contributed by atoms with Gasteiger partial charge in [0.15, 0.2) is 11.6 Å². The number of rotatable bonds is 2. The van der Waals surface area contributed by atoms with Gasteiger partial charge in [0.05, 0.1) is 6.10 Å². The molecule has 2 rings (SSSR count). The van der Waals surface area contributed by atoms with E-state index in [1.165, 1.54) is 0 Å². The number of nitrogens with two attached hydrogens (primary N) is 1. The highest BCUT2D eigenvalue weighted by atomic mass is 79.9. The average Bonchev–Trinajstić information content (AvgIpc) is 2.79. The fourth-order valence-electron chi connectivity index (χ4n) is 0.902. The van der Waals surface area contributed by atoms with Crippen LogP contribution in [0.3, 0.4) is 0 Å². The van der Waals surface area contributed by atoms with Gasteiger partial charge in [0.1, 0.15) is 4.60 Å². The van der Waals surface area contributed by atoms with Crippen LogP contribution in [0.15, 0.2) is 16.7 Å². The molecule has 1 fully saturated rings. The van der Waals surface area contributed by atoms with E-state index in [0.29, 0.717) is 17.7 Å². The van der Waals surface area contributed by atoms with Gasteiger partial charge >= 0.3 is 0 Å². The smallest absolute Gasteiger partial charge is 0.167 e. The molecule has 0 unspecified atom stereocenters. The highest BCUT2D eigenvalue weighted by Crippen LogP contribution is 2.30. The van der Waals surface area contributed by atoms with Crippen molar-refractivity contribution in [1.29, 1.82) is 0 Å². The van der Waals surface area contributed by atoms with E-state index in [-0.39, 0.29) is 0 Å². The summed E-state index contributed by atoms with van der Waals surface area (Å²) in [6.07, 6.45) is 2.64. The molecule has 1 aromatic heterocycles. The van der Waals surface area contributed by atoms with Gasteiger partial charge in [0.2, 0.25) is 0 Å². The summed E-state index contributed by atoms with van der Waals surface area (Å²) < 4.78 is 6.24. The first-order valence-electron chi connectivity index (χ1n) is 3.84. The Morgan fingerprint density at radius 2 is 2.25 bits per heavy atom. The molecule has 1 heterocycles. The number of halogens is 1. The van der Waals surface area contributed by atoms with Crippen LogP contribution in [-0.2, 0) is 0 Å². The zero-order valence-electron chi connectivity index (χ0n) is 6.46. The minimum absolute atomic E-state index is 0.371. The van der Waals surface area contributed by atoms with Crippen molar-refractivity contribution >= 4 is 21.7 Å². The minimum atomic E-state index is 0.371. The van der Waals surface area contributed by atoms with Gasteiger partial charge in [-0.05, 0) is 40.9 Å². The first kappa shape index (κ1) is 7.86. The van der Waals surface area contributed by atoms with Gasteiger partial charge in [-0.15, -0.1) is 0 Å². The predicted octanol–water partition coefficient (Wildman–Crippen LogP) is 1.97. The number of aromatic nitrogens is 1. The quantitative estimate of drug-likeness (QED) is 0.788. The molecule has 0 spiro atoms. The molecule has 1 aliphatic rings. The summed E-state index contributed by atoms with van der Waals surface area (Å²) in [5.41, 5.74) is 5.63. The molecule has 0 atom stereocenters. The Kier molecular flexibility index (Phi) is 1.92. The van der Waals surface area contributed by atoms with Crippen molar-refractivity contribution in [2.24, 2.45) is 0 Å². The van der Waals surface area contributed by atoms with Crippen LogP contribution in [0.5, 0.6) is 5.75 Å². The van der Waals surface area contributed by atoms with E-state index in [4.69, 9.17) is 10.5 Å². The maximum absolute atomic E-state index is 5.63. The lowest BCUT2D eigenvalue weighted by atomic mass is 10.4. The van der Waals surface area contributed by atoms with Crippen molar-refractivity contribution in [3.05, 3.63) is 16.7 Å². The Morgan fingerprint density at radius 3 is 2.83 bits per heavy atom. The summed E-state index contributed by atoms with van der Waals surface area (Å²) in [6, 6.07) is 3.67. The van der Waals surface area contributed by atoms with Gasteiger partial charge in [0.25, 0.3) is 0 Å². The van der Waals surface area contributed by atoms with Crippen molar-refractivity contribution in [2.75, 3.05) is 5.73 Å². The number of nitrogen functional groups attached to an aromatic ring is 1. The highest BCUT2D eigenvalue weighted by Gasteiger charge is 2.24. The van der Waals surface area contributed by atoms with E-state index in [1.807, 2.05) is 12.1 Å². The van der Waals surface area contributed by atoms with Crippen LogP contribution in [0, 0.1) is 0 Å². The number of anilines is 1. The van der Waals surface area contributed by atoms with Crippen LogP contribution in [0.2, 0.25) is 0 Å². The molecule has 0 amide bonds. The summed E-state index contributed by atoms with van der Waals surface area (Å²) in [4.78, 5) is 4.02. The van der Waals surface area contributed by atoms with Crippen LogP contribution in [0.25, 0.3) is 0 Å². The molecule has 0 radical (unpaired) electrons. The zero-order valence-corrected chi connectivity index (χ0v) is 8.04. The Morgan fingerprint density at radius 1 is 1.50 bits per heavy atom. The lowest BCUT2D eigenvalue weighted by Crippen LogP contribution is -2.01. The second kappa shape index (κ2) is 2.94. The van der Waals surface area contributed by atoms with Crippen molar-refractivity contribution in [3.8, 4) is 5.75 Å². The largest absolute Gasteiger partial charge is 0.487 e. The summed E-state index contributed by atoms with van der Waals surface area (Å²) in [6.45, 7) is 0. The monoisotopic (exact) mass is 228 g/mol. The predicted molar refractivity (Wildman–Crippen MR) is 50.0 cm³/mol. The Labute approximate surface area is 79.1 Å². The third-order valence-corrected chi connectivity index (χ3v) is 2.11. The van der Waals surface area contributed by atoms with Crippen LogP contribution < -0.4 is 10.5 Å². The maximum Gasteiger partial charge on any atom is 0.167 e.